The molecule has 4 heteroatoms. The fraction of sp³-hybridized carbons (Fsp3) is 0.310. The van der Waals surface area contributed by atoms with Crippen molar-refractivity contribution in [3.05, 3.63) is 89.5 Å². The lowest BCUT2D eigenvalue weighted by atomic mass is 9.88. The molecule has 0 spiro atoms. The molecule has 1 N–H and O–H groups in total. The molecule has 0 aromatic heterocycles. The third-order valence-corrected chi connectivity index (χ3v) is 5.96. The summed E-state index contributed by atoms with van der Waals surface area (Å²) >= 11 is 0. The van der Waals surface area contributed by atoms with Gasteiger partial charge >= 0.3 is 0 Å². The van der Waals surface area contributed by atoms with Gasteiger partial charge in [-0.3, -0.25) is 0 Å². The zero-order valence-corrected chi connectivity index (χ0v) is 20.2. The van der Waals surface area contributed by atoms with Gasteiger partial charge in [0.15, 0.2) is 0 Å². The van der Waals surface area contributed by atoms with Gasteiger partial charge in [-0.2, -0.15) is 0 Å². The van der Waals surface area contributed by atoms with Gasteiger partial charge in [0.1, 0.15) is 23.9 Å². The molecule has 0 amide bonds. The van der Waals surface area contributed by atoms with Crippen LogP contribution in [0.3, 0.4) is 0 Å². The lowest BCUT2D eigenvalue weighted by Gasteiger charge is -2.19. The molecule has 0 saturated heterocycles. The second-order valence-electron chi connectivity index (χ2n) is 7.88. The molecule has 3 aromatic rings. The number of phenols is 1. The predicted octanol–water partition coefficient (Wildman–Crippen LogP) is 6.49. The van der Waals surface area contributed by atoms with Crippen LogP contribution in [0.5, 0.6) is 17.2 Å². The summed E-state index contributed by atoms with van der Waals surface area (Å²) in [6, 6.07) is 23.9. The lowest BCUT2D eigenvalue weighted by molar-refractivity contribution is 0.223. The molecule has 3 rings (SSSR count). The molecule has 0 unspecified atom stereocenters. The minimum Gasteiger partial charge on any atom is -0.508 e. The van der Waals surface area contributed by atoms with Gasteiger partial charge in [0.25, 0.3) is 0 Å². The molecule has 174 valence electrons. The number of rotatable bonds is 11. The lowest BCUT2D eigenvalue weighted by Crippen LogP contribution is -2.27. The molecular formula is C29H35NO3. The highest BCUT2D eigenvalue weighted by atomic mass is 16.5. The van der Waals surface area contributed by atoms with Crippen LogP contribution in [0.25, 0.3) is 11.1 Å². The number of methoxy groups -OCH3 is 1. The van der Waals surface area contributed by atoms with E-state index in [1.54, 1.807) is 19.2 Å². The van der Waals surface area contributed by atoms with Crippen molar-refractivity contribution < 1.29 is 14.6 Å². The Labute approximate surface area is 198 Å². The van der Waals surface area contributed by atoms with E-state index in [0.717, 1.165) is 59.8 Å². The molecule has 0 fully saturated rings. The summed E-state index contributed by atoms with van der Waals surface area (Å²) in [5.74, 6) is 1.97. The van der Waals surface area contributed by atoms with Crippen LogP contribution in [0.15, 0.2) is 72.8 Å². The number of hydrogen-bond acceptors (Lipinski definition) is 4. The summed E-state index contributed by atoms with van der Waals surface area (Å²) in [5.41, 5.74) is 5.72. The maximum absolute atomic E-state index is 9.82. The van der Waals surface area contributed by atoms with E-state index in [1.165, 1.54) is 5.57 Å². The fourth-order valence-corrected chi connectivity index (χ4v) is 4.01. The molecular weight excluding hydrogens is 410 g/mol. The standard InChI is InChI=1S/C29H35NO3/c1-5-28(22-10-16-26(32-4)17-11-22)29(23-8-14-25(31)15-9-23)24-12-18-27(19-13-24)33-21-20-30(6-2)7-3/h8-19,31H,5-7,20-21H2,1-4H3/b29-28-. The highest BCUT2D eigenvalue weighted by Crippen LogP contribution is 2.36. The third kappa shape index (κ3) is 6.39. The number of phenolic OH excluding ortho intramolecular Hbond substituents is 1. The van der Waals surface area contributed by atoms with Crippen LogP contribution < -0.4 is 9.47 Å². The molecule has 0 atom stereocenters. The zero-order chi connectivity index (χ0) is 23.6. The van der Waals surface area contributed by atoms with Crippen LogP contribution in [-0.4, -0.2) is 43.4 Å². The van der Waals surface area contributed by atoms with E-state index in [0.29, 0.717) is 6.61 Å². The van der Waals surface area contributed by atoms with E-state index in [1.807, 2.05) is 36.4 Å². The number of likely N-dealkylation sites (N-methyl/N-ethyl adjacent to an activating group) is 1. The van der Waals surface area contributed by atoms with Crippen LogP contribution in [-0.2, 0) is 0 Å². The molecule has 0 aliphatic heterocycles. The molecule has 0 saturated carbocycles. The highest BCUT2D eigenvalue weighted by molar-refractivity contribution is 5.98. The molecule has 33 heavy (non-hydrogen) atoms. The van der Waals surface area contributed by atoms with E-state index in [2.05, 4.69) is 49.9 Å². The Hall–Kier alpha value is -3.24. The third-order valence-electron chi connectivity index (χ3n) is 5.96. The quantitative estimate of drug-likeness (QED) is 0.343. The Morgan fingerprint density at radius 1 is 0.727 bits per heavy atom. The predicted molar refractivity (Wildman–Crippen MR) is 137 cm³/mol. The topological polar surface area (TPSA) is 41.9 Å². The molecule has 0 heterocycles. The largest absolute Gasteiger partial charge is 0.508 e. The second kappa shape index (κ2) is 12.1. The minimum absolute atomic E-state index is 0.262. The summed E-state index contributed by atoms with van der Waals surface area (Å²) in [6.07, 6.45) is 0.866. The number of ether oxygens (including phenoxy) is 2. The first-order chi connectivity index (χ1) is 16.1. The summed E-state index contributed by atoms with van der Waals surface area (Å²) in [4.78, 5) is 2.35. The van der Waals surface area contributed by atoms with Crippen LogP contribution in [0.2, 0.25) is 0 Å². The molecule has 0 aliphatic rings. The van der Waals surface area contributed by atoms with Crippen LogP contribution in [0, 0.1) is 0 Å². The first-order valence-electron chi connectivity index (χ1n) is 11.7. The van der Waals surface area contributed by atoms with E-state index < -0.39 is 0 Å². The molecule has 4 nitrogen and oxygen atoms in total. The maximum Gasteiger partial charge on any atom is 0.119 e. The first kappa shape index (κ1) is 24.4. The van der Waals surface area contributed by atoms with Crippen molar-refractivity contribution in [2.45, 2.75) is 27.2 Å². The van der Waals surface area contributed by atoms with Crippen LogP contribution in [0.4, 0.5) is 0 Å². The summed E-state index contributed by atoms with van der Waals surface area (Å²) in [5, 5.41) is 9.82. The van der Waals surface area contributed by atoms with Gasteiger partial charge in [-0.25, -0.2) is 0 Å². The fourth-order valence-electron chi connectivity index (χ4n) is 4.01. The Bertz CT molecular complexity index is 1020. The SMILES string of the molecule is CC/C(=C(\c1ccc(O)cc1)c1ccc(OCCN(CC)CC)cc1)c1ccc(OC)cc1. The Balaban J connectivity index is 1.95. The van der Waals surface area contributed by atoms with Gasteiger partial charge in [0, 0.05) is 6.54 Å². The summed E-state index contributed by atoms with van der Waals surface area (Å²) in [6.45, 7) is 10.2. The minimum atomic E-state index is 0.262. The van der Waals surface area contributed by atoms with Gasteiger partial charge < -0.3 is 19.5 Å². The first-order valence-corrected chi connectivity index (χ1v) is 11.7. The van der Waals surface area contributed by atoms with Crippen LogP contribution >= 0.6 is 0 Å². The van der Waals surface area contributed by atoms with E-state index in [-0.39, 0.29) is 5.75 Å². The summed E-state index contributed by atoms with van der Waals surface area (Å²) in [7, 11) is 1.68. The van der Waals surface area contributed by atoms with Crippen molar-refractivity contribution in [2.75, 3.05) is 33.4 Å². The number of aromatic hydroxyl groups is 1. The number of nitrogens with zero attached hydrogens (tertiary/aromatic N) is 1. The van der Waals surface area contributed by atoms with Crippen molar-refractivity contribution in [1.29, 1.82) is 0 Å². The Morgan fingerprint density at radius 3 is 1.76 bits per heavy atom. The van der Waals surface area contributed by atoms with Crippen molar-refractivity contribution in [1.82, 2.24) is 4.90 Å². The van der Waals surface area contributed by atoms with Gasteiger partial charge in [-0.1, -0.05) is 57.2 Å². The molecule has 0 radical (unpaired) electrons. The van der Waals surface area contributed by atoms with Gasteiger partial charge in [0.2, 0.25) is 0 Å². The maximum atomic E-state index is 9.82. The van der Waals surface area contributed by atoms with Gasteiger partial charge in [-0.05, 0) is 83.7 Å². The van der Waals surface area contributed by atoms with Crippen molar-refractivity contribution >= 4 is 11.1 Å². The Morgan fingerprint density at radius 2 is 1.24 bits per heavy atom. The van der Waals surface area contributed by atoms with Gasteiger partial charge in [0.05, 0.1) is 7.11 Å². The number of allylic oxidation sites excluding steroid dienone is 1. The van der Waals surface area contributed by atoms with Crippen LogP contribution in [0.1, 0.15) is 43.9 Å². The normalized spacial score (nSPS) is 11.9. The number of hydrogen-bond donors (Lipinski definition) is 1. The van der Waals surface area contributed by atoms with Gasteiger partial charge in [-0.15, -0.1) is 0 Å². The Kier molecular flexibility index (Phi) is 8.96. The molecule has 0 aliphatic carbocycles. The van der Waals surface area contributed by atoms with Crippen molar-refractivity contribution in [2.24, 2.45) is 0 Å². The summed E-state index contributed by atoms with van der Waals surface area (Å²) < 4.78 is 11.3. The molecule has 0 bridgehead atoms. The van der Waals surface area contributed by atoms with E-state index >= 15 is 0 Å². The molecule has 3 aromatic carbocycles. The average molecular weight is 446 g/mol. The van der Waals surface area contributed by atoms with E-state index in [4.69, 9.17) is 9.47 Å². The van der Waals surface area contributed by atoms with E-state index in [9.17, 15) is 5.11 Å². The van der Waals surface area contributed by atoms with Crippen molar-refractivity contribution in [3.63, 3.8) is 0 Å². The zero-order valence-electron chi connectivity index (χ0n) is 20.2. The number of benzene rings is 3. The second-order valence-corrected chi connectivity index (χ2v) is 7.88. The highest BCUT2D eigenvalue weighted by Gasteiger charge is 2.14. The average Bonchev–Trinajstić information content (AvgIpc) is 2.86. The van der Waals surface area contributed by atoms with Crippen molar-refractivity contribution in [3.8, 4) is 17.2 Å². The smallest absolute Gasteiger partial charge is 0.119 e. The monoisotopic (exact) mass is 445 g/mol.